The minimum absolute atomic E-state index is 0.191. The molecule has 0 fully saturated rings. The topological polar surface area (TPSA) is 24.8 Å². The van der Waals surface area contributed by atoms with Crippen LogP contribution in [0.1, 0.15) is 60.0 Å². The molecule has 2 aliphatic rings. The third-order valence-electron chi connectivity index (χ3n) is 5.39. The summed E-state index contributed by atoms with van der Waals surface area (Å²) in [4.78, 5) is 1.25. The van der Waals surface area contributed by atoms with Crippen LogP contribution < -0.4 is 4.74 Å². The molecule has 1 aromatic heterocycles. The Balaban J connectivity index is 1.56. The number of hydrazone groups is 1. The lowest BCUT2D eigenvalue weighted by molar-refractivity contribution is -0.0190. The molecule has 5 rings (SSSR count). The van der Waals surface area contributed by atoms with E-state index in [1.165, 1.54) is 16.0 Å². The van der Waals surface area contributed by atoms with Gasteiger partial charge in [0.2, 0.25) is 6.23 Å². The molecule has 136 valence electrons. The molecule has 0 bridgehead atoms. The Morgan fingerprint density at radius 3 is 2.59 bits per heavy atom. The van der Waals surface area contributed by atoms with Crippen molar-refractivity contribution in [3.05, 3.63) is 87.6 Å². The van der Waals surface area contributed by atoms with E-state index in [1.807, 2.05) is 6.07 Å². The summed E-state index contributed by atoms with van der Waals surface area (Å²) in [5.41, 5.74) is 4.87. The van der Waals surface area contributed by atoms with Crippen molar-refractivity contribution in [1.29, 1.82) is 0 Å². The molecule has 2 aliphatic heterocycles. The summed E-state index contributed by atoms with van der Waals surface area (Å²) < 4.78 is 6.42. The van der Waals surface area contributed by atoms with Gasteiger partial charge in [-0.05, 0) is 29.0 Å². The molecule has 3 nitrogen and oxygen atoms in total. The number of hydrogen-bond acceptors (Lipinski definition) is 4. The fourth-order valence-corrected chi connectivity index (χ4v) is 4.61. The van der Waals surface area contributed by atoms with Crippen molar-refractivity contribution < 1.29 is 4.74 Å². The van der Waals surface area contributed by atoms with Crippen LogP contribution >= 0.6 is 11.3 Å². The molecule has 4 heteroatoms. The van der Waals surface area contributed by atoms with Gasteiger partial charge in [-0.15, -0.1) is 11.3 Å². The minimum atomic E-state index is -0.191. The first kappa shape index (κ1) is 16.6. The molecule has 0 aliphatic carbocycles. The van der Waals surface area contributed by atoms with Crippen molar-refractivity contribution in [3.8, 4) is 5.75 Å². The molecular weight excluding hydrogens is 352 g/mol. The third-order valence-corrected chi connectivity index (χ3v) is 6.31. The normalized spacial score (nSPS) is 20.9. The lowest BCUT2D eigenvalue weighted by Gasteiger charge is -2.38. The van der Waals surface area contributed by atoms with Crippen molar-refractivity contribution in [1.82, 2.24) is 5.01 Å². The van der Waals surface area contributed by atoms with Crippen molar-refractivity contribution >= 4 is 17.0 Å². The van der Waals surface area contributed by atoms with Gasteiger partial charge in [-0.2, -0.15) is 5.10 Å². The van der Waals surface area contributed by atoms with Gasteiger partial charge in [-0.1, -0.05) is 62.4 Å². The molecule has 27 heavy (non-hydrogen) atoms. The average Bonchev–Trinajstić information content (AvgIpc) is 3.37. The van der Waals surface area contributed by atoms with Gasteiger partial charge in [0, 0.05) is 17.5 Å². The molecule has 0 saturated heterocycles. The Bertz CT molecular complexity index is 976. The largest absolute Gasteiger partial charge is 0.464 e. The number of benzene rings is 2. The Labute approximate surface area is 163 Å². The highest BCUT2D eigenvalue weighted by Gasteiger charge is 2.40. The third kappa shape index (κ3) is 2.85. The lowest BCUT2D eigenvalue weighted by atomic mass is 9.97. The van der Waals surface area contributed by atoms with Crippen LogP contribution in [0.15, 0.2) is 71.1 Å². The number of thiophene rings is 1. The maximum Gasteiger partial charge on any atom is 0.213 e. The molecule has 0 radical (unpaired) electrons. The first-order valence-corrected chi connectivity index (χ1v) is 10.3. The summed E-state index contributed by atoms with van der Waals surface area (Å²) in [6.45, 7) is 4.44. The van der Waals surface area contributed by atoms with E-state index in [9.17, 15) is 0 Å². The minimum Gasteiger partial charge on any atom is -0.464 e. The molecule has 2 atom stereocenters. The van der Waals surface area contributed by atoms with E-state index in [-0.39, 0.29) is 12.3 Å². The molecule has 3 aromatic rings. The Morgan fingerprint density at radius 1 is 1.04 bits per heavy atom. The zero-order chi connectivity index (χ0) is 18.4. The number of ether oxygens (including phenoxy) is 1. The van der Waals surface area contributed by atoms with Crippen LogP contribution in [0.3, 0.4) is 0 Å². The number of hydrogen-bond donors (Lipinski definition) is 0. The van der Waals surface area contributed by atoms with E-state index in [0.29, 0.717) is 5.92 Å². The van der Waals surface area contributed by atoms with Gasteiger partial charge in [-0.25, -0.2) is 5.01 Å². The smallest absolute Gasteiger partial charge is 0.213 e. The van der Waals surface area contributed by atoms with Gasteiger partial charge >= 0.3 is 0 Å². The number of fused-ring (bicyclic) bond motifs is 3. The summed E-state index contributed by atoms with van der Waals surface area (Å²) in [6, 6.07) is 21.6. The Morgan fingerprint density at radius 2 is 1.85 bits per heavy atom. The highest BCUT2D eigenvalue weighted by molar-refractivity contribution is 7.12. The van der Waals surface area contributed by atoms with Crippen molar-refractivity contribution in [2.45, 2.75) is 38.5 Å². The average molecular weight is 375 g/mol. The Kier molecular flexibility index (Phi) is 4.01. The van der Waals surface area contributed by atoms with Crippen molar-refractivity contribution in [2.75, 3.05) is 0 Å². The fourth-order valence-electron chi connectivity index (χ4n) is 3.89. The first-order chi connectivity index (χ1) is 13.2. The second-order valence-electron chi connectivity index (χ2n) is 7.45. The zero-order valence-corrected chi connectivity index (χ0v) is 16.3. The maximum absolute atomic E-state index is 6.42. The van der Waals surface area contributed by atoms with E-state index in [4.69, 9.17) is 9.84 Å². The highest BCUT2D eigenvalue weighted by atomic mass is 32.1. The first-order valence-electron chi connectivity index (χ1n) is 9.46. The van der Waals surface area contributed by atoms with Gasteiger partial charge in [0.15, 0.2) is 0 Å². The second kappa shape index (κ2) is 6.54. The number of para-hydroxylation sites is 1. The molecule has 0 saturated carbocycles. The predicted octanol–water partition coefficient (Wildman–Crippen LogP) is 6.11. The van der Waals surface area contributed by atoms with Gasteiger partial charge in [0.05, 0.1) is 16.6 Å². The SMILES string of the molecule is CC(C)c1ccc([C@@H]2Oc3ccccc3[C@@H]3CC(c4cccs4)=NN32)cc1. The summed E-state index contributed by atoms with van der Waals surface area (Å²) in [5.74, 6) is 1.49. The highest BCUT2D eigenvalue weighted by Crippen LogP contribution is 2.47. The second-order valence-corrected chi connectivity index (χ2v) is 8.40. The summed E-state index contributed by atoms with van der Waals surface area (Å²) in [6.07, 6.45) is 0.727. The van der Waals surface area contributed by atoms with Crippen LogP contribution in [-0.4, -0.2) is 10.7 Å². The van der Waals surface area contributed by atoms with Crippen LogP contribution in [0, 0.1) is 0 Å². The molecule has 0 spiro atoms. The quantitative estimate of drug-likeness (QED) is 0.552. The molecule has 0 unspecified atom stereocenters. The molecule has 3 heterocycles. The maximum atomic E-state index is 6.42. The van der Waals surface area contributed by atoms with Crippen LogP contribution in [0.5, 0.6) is 5.75 Å². The molecule has 2 aromatic carbocycles. The Hall–Kier alpha value is -2.59. The standard InChI is InChI=1S/C23H22N2OS/c1-15(2)16-9-11-17(12-10-16)23-25-20(18-6-3-4-7-21(18)26-23)14-19(24-25)22-8-5-13-27-22/h3-13,15,20,23H,14H2,1-2H3/t20-,23-/m0/s1. The zero-order valence-electron chi connectivity index (χ0n) is 15.5. The number of rotatable bonds is 3. The van der Waals surface area contributed by atoms with E-state index < -0.39 is 0 Å². The van der Waals surface area contributed by atoms with E-state index in [1.54, 1.807) is 11.3 Å². The lowest BCUT2D eigenvalue weighted by Crippen LogP contribution is -2.33. The summed E-state index contributed by atoms with van der Waals surface area (Å²) >= 11 is 1.75. The van der Waals surface area contributed by atoms with Crippen LogP contribution in [-0.2, 0) is 0 Å². The van der Waals surface area contributed by atoms with Gasteiger partial charge < -0.3 is 4.74 Å². The van der Waals surface area contributed by atoms with Gasteiger partial charge in [0.25, 0.3) is 0 Å². The van der Waals surface area contributed by atoms with Crippen LogP contribution in [0.4, 0.5) is 0 Å². The summed E-state index contributed by atoms with van der Waals surface area (Å²) in [7, 11) is 0. The van der Waals surface area contributed by atoms with E-state index in [0.717, 1.165) is 23.4 Å². The van der Waals surface area contributed by atoms with Crippen molar-refractivity contribution in [2.24, 2.45) is 5.10 Å². The van der Waals surface area contributed by atoms with E-state index in [2.05, 4.69) is 78.8 Å². The summed E-state index contributed by atoms with van der Waals surface area (Å²) in [5, 5.41) is 9.27. The predicted molar refractivity (Wildman–Crippen MR) is 110 cm³/mol. The molecular formula is C23H22N2OS. The van der Waals surface area contributed by atoms with Crippen LogP contribution in [0.25, 0.3) is 0 Å². The van der Waals surface area contributed by atoms with E-state index >= 15 is 0 Å². The van der Waals surface area contributed by atoms with Crippen molar-refractivity contribution in [3.63, 3.8) is 0 Å². The van der Waals surface area contributed by atoms with Gasteiger partial charge in [0.1, 0.15) is 5.75 Å². The number of nitrogens with zero attached hydrogens (tertiary/aromatic N) is 2. The fraction of sp³-hybridized carbons (Fsp3) is 0.261. The van der Waals surface area contributed by atoms with Crippen LogP contribution in [0.2, 0.25) is 0 Å². The molecule has 0 amide bonds. The monoisotopic (exact) mass is 374 g/mol. The van der Waals surface area contributed by atoms with Gasteiger partial charge in [-0.3, -0.25) is 0 Å². The molecule has 0 N–H and O–H groups in total.